The van der Waals surface area contributed by atoms with Crippen molar-refractivity contribution in [2.24, 2.45) is 11.0 Å². The van der Waals surface area contributed by atoms with E-state index < -0.39 is 62.2 Å². The average molecular weight is 596 g/mol. The highest BCUT2D eigenvalue weighted by atomic mass is 31.1. The number of carbonyl (C=O) groups is 1. The standard InChI is InChI=1S/C24H31N6O10P/c1-5-37-22(34)17(12-14(2)3)30(40-16-8-6-15(4)7-9-16)41(36)38-13-24(27-28-25)20(33)19(32)21(39-24)29-11-10-18(31)26-23(29)35/h6-11,14,17,19-21,32-33H,5,12-13H2,1-4H3/p+1/t17?,19-,20+,21-,24-/m1/s1. The molecule has 6 atom stereocenters. The Balaban J connectivity index is 1.93. The number of hydrogen-bond donors (Lipinski definition) is 3. The number of nitrogens with one attached hydrogen (secondary N) is 1. The summed E-state index contributed by atoms with van der Waals surface area (Å²) in [5, 5.41) is 24.9. The van der Waals surface area contributed by atoms with E-state index in [0.29, 0.717) is 0 Å². The molecule has 3 rings (SSSR count). The van der Waals surface area contributed by atoms with Crippen LogP contribution in [0.1, 0.15) is 39.0 Å². The monoisotopic (exact) mass is 595 g/mol. The predicted octanol–water partition coefficient (Wildman–Crippen LogP) is 2.05. The first-order valence-electron chi connectivity index (χ1n) is 12.6. The molecular weight excluding hydrogens is 563 g/mol. The molecule has 222 valence electrons. The first-order chi connectivity index (χ1) is 19.4. The Hall–Kier alpha value is -3.62. The van der Waals surface area contributed by atoms with Gasteiger partial charge < -0.3 is 24.5 Å². The Morgan fingerprint density at radius 1 is 1.29 bits per heavy atom. The largest absolute Gasteiger partial charge is 0.653 e. The van der Waals surface area contributed by atoms with Crippen molar-refractivity contribution in [2.45, 2.75) is 64.3 Å². The summed E-state index contributed by atoms with van der Waals surface area (Å²) >= 11 is 0. The minimum atomic E-state index is -3.07. The van der Waals surface area contributed by atoms with Gasteiger partial charge in [-0.3, -0.25) is 19.1 Å². The van der Waals surface area contributed by atoms with Gasteiger partial charge in [0.15, 0.2) is 18.0 Å². The van der Waals surface area contributed by atoms with E-state index in [1.165, 1.54) is 0 Å². The Morgan fingerprint density at radius 3 is 2.56 bits per heavy atom. The van der Waals surface area contributed by atoms with Gasteiger partial charge in [0.1, 0.15) is 23.6 Å². The van der Waals surface area contributed by atoms with Crippen LogP contribution >= 0.6 is 8.18 Å². The molecule has 1 saturated heterocycles. The normalized spacial score (nSPS) is 23.2. The maximum absolute atomic E-state index is 13.6. The molecule has 0 aliphatic carbocycles. The van der Waals surface area contributed by atoms with E-state index in [0.717, 1.165) is 27.2 Å². The first-order valence-corrected chi connectivity index (χ1v) is 13.8. The van der Waals surface area contributed by atoms with Gasteiger partial charge in [-0.15, -0.1) is 4.52 Å². The maximum atomic E-state index is 13.6. The van der Waals surface area contributed by atoms with Crippen molar-refractivity contribution in [1.82, 2.24) is 14.4 Å². The first kappa shape index (κ1) is 31.9. The second kappa shape index (κ2) is 13.8. The van der Waals surface area contributed by atoms with E-state index in [2.05, 4.69) is 10.0 Å². The molecule has 0 spiro atoms. The Morgan fingerprint density at radius 2 is 1.98 bits per heavy atom. The number of aromatic amines is 1. The van der Waals surface area contributed by atoms with Crippen LogP contribution in [0.5, 0.6) is 5.75 Å². The van der Waals surface area contributed by atoms with Gasteiger partial charge in [-0.05, 0) is 48.4 Å². The number of aryl methyl sites for hydroxylation is 1. The molecule has 0 bridgehead atoms. The number of esters is 1. The van der Waals surface area contributed by atoms with Gasteiger partial charge >= 0.3 is 19.8 Å². The number of ether oxygens (including phenoxy) is 2. The summed E-state index contributed by atoms with van der Waals surface area (Å²) in [5.74, 6) is -0.566. The van der Waals surface area contributed by atoms with Crippen LogP contribution in [0, 0.1) is 12.8 Å². The molecular formula is C24H32N6O10P+. The van der Waals surface area contributed by atoms with E-state index in [-0.39, 0.29) is 24.7 Å². The van der Waals surface area contributed by atoms with Crippen LogP contribution in [0.15, 0.2) is 51.2 Å². The van der Waals surface area contributed by atoms with Gasteiger partial charge in [0.2, 0.25) is 5.72 Å². The molecule has 41 heavy (non-hydrogen) atoms. The lowest BCUT2D eigenvalue weighted by Crippen LogP contribution is -2.45. The van der Waals surface area contributed by atoms with Gasteiger partial charge in [-0.25, -0.2) is 4.79 Å². The molecule has 16 nitrogen and oxygen atoms in total. The van der Waals surface area contributed by atoms with Crippen LogP contribution in [-0.2, 0) is 23.4 Å². The van der Waals surface area contributed by atoms with Gasteiger partial charge in [-0.2, -0.15) is 0 Å². The third-order valence-corrected chi connectivity index (χ3v) is 7.06. The number of hydroxylamine groups is 1. The van der Waals surface area contributed by atoms with Crippen LogP contribution in [0.2, 0.25) is 0 Å². The molecule has 1 fully saturated rings. The lowest BCUT2D eigenvalue weighted by molar-refractivity contribution is -0.157. The second-order valence-corrected chi connectivity index (χ2v) is 10.7. The summed E-state index contributed by atoms with van der Waals surface area (Å²) in [6.45, 7) is 6.30. The number of rotatable bonds is 13. The summed E-state index contributed by atoms with van der Waals surface area (Å²) in [4.78, 5) is 47.9. The molecule has 1 aromatic carbocycles. The van der Waals surface area contributed by atoms with Gasteiger partial charge in [0, 0.05) is 17.2 Å². The predicted molar refractivity (Wildman–Crippen MR) is 142 cm³/mol. The molecule has 1 aliphatic heterocycles. The number of hydrogen-bond acceptors (Lipinski definition) is 11. The molecule has 0 saturated carbocycles. The maximum Gasteiger partial charge on any atom is 0.653 e. The summed E-state index contributed by atoms with van der Waals surface area (Å²) in [6, 6.07) is 6.46. The molecule has 0 radical (unpaired) electrons. The van der Waals surface area contributed by atoms with Crippen LogP contribution in [0.4, 0.5) is 0 Å². The van der Waals surface area contributed by atoms with E-state index >= 15 is 0 Å². The molecule has 1 aromatic heterocycles. The fourth-order valence-electron chi connectivity index (χ4n) is 4.01. The number of aromatic nitrogens is 2. The zero-order valence-electron chi connectivity index (χ0n) is 22.8. The number of azide groups is 1. The number of carbonyl (C=O) groups excluding carboxylic acids is 1. The van der Waals surface area contributed by atoms with Crippen molar-refractivity contribution < 1.29 is 38.4 Å². The third kappa shape index (κ3) is 7.57. The molecule has 1 aliphatic rings. The molecule has 0 amide bonds. The minimum absolute atomic E-state index is 0.0485. The van der Waals surface area contributed by atoms with Gasteiger partial charge in [0.25, 0.3) is 5.56 Å². The zero-order chi connectivity index (χ0) is 30.3. The highest BCUT2D eigenvalue weighted by molar-refractivity contribution is 7.36. The van der Waals surface area contributed by atoms with E-state index in [4.69, 9.17) is 18.8 Å². The lowest BCUT2D eigenvalue weighted by Gasteiger charge is -2.25. The quantitative estimate of drug-likeness (QED) is 0.0760. The second-order valence-electron chi connectivity index (χ2n) is 9.61. The highest BCUT2D eigenvalue weighted by Gasteiger charge is 2.58. The molecule has 2 heterocycles. The van der Waals surface area contributed by atoms with E-state index in [1.54, 1.807) is 31.2 Å². The van der Waals surface area contributed by atoms with Crippen LogP contribution < -0.4 is 16.1 Å². The zero-order valence-corrected chi connectivity index (χ0v) is 23.7. The highest BCUT2D eigenvalue weighted by Crippen LogP contribution is 2.42. The van der Waals surface area contributed by atoms with Crippen molar-refractivity contribution in [3.8, 4) is 5.75 Å². The van der Waals surface area contributed by atoms with E-state index in [9.17, 15) is 34.7 Å². The number of nitrogens with zero attached hydrogens (tertiary/aromatic N) is 5. The number of aliphatic hydroxyl groups excluding tert-OH is 2. The number of H-pyrrole nitrogens is 1. The Kier molecular flexibility index (Phi) is 10.8. The van der Waals surface area contributed by atoms with E-state index in [1.807, 2.05) is 25.8 Å². The fourth-order valence-corrected chi connectivity index (χ4v) is 5.00. The summed E-state index contributed by atoms with van der Waals surface area (Å²) < 4.78 is 30.6. The topological polar surface area (TPSA) is 218 Å². The van der Waals surface area contributed by atoms with Crippen molar-refractivity contribution >= 4 is 14.1 Å². The van der Waals surface area contributed by atoms with Crippen molar-refractivity contribution in [1.29, 1.82) is 0 Å². The summed E-state index contributed by atoms with van der Waals surface area (Å²) in [6.07, 6.45) is -4.24. The van der Waals surface area contributed by atoms with Crippen LogP contribution in [-0.4, -0.2) is 67.8 Å². The number of benzene rings is 1. The Bertz CT molecular complexity index is 1390. The molecule has 17 heteroatoms. The minimum Gasteiger partial charge on any atom is -0.465 e. The summed E-state index contributed by atoms with van der Waals surface area (Å²) in [5.41, 5.74) is 6.07. The third-order valence-electron chi connectivity index (χ3n) is 6.02. The SMILES string of the molecule is CCOC(=O)C(CC(C)C)N(Oc1ccc(C)cc1)[P+](=O)OC[C@@]1(N=[N+]=[N-])O[C@@H](n2ccc(=O)[nH]c2=O)[C@H](O)[C@@H]1O. The molecule has 2 aromatic rings. The number of aliphatic hydroxyl groups is 2. The lowest BCUT2D eigenvalue weighted by atomic mass is 10.0. The Labute approximate surface area is 234 Å². The smallest absolute Gasteiger partial charge is 0.465 e. The molecule has 3 N–H and O–H groups in total. The van der Waals surface area contributed by atoms with Gasteiger partial charge in [-0.1, -0.05) is 36.7 Å². The van der Waals surface area contributed by atoms with Crippen molar-refractivity contribution in [3.63, 3.8) is 0 Å². The van der Waals surface area contributed by atoms with Crippen molar-refractivity contribution in [2.75, 3.05) is 13.2 Å². The molecule has 2 unspecified atom stereocenters. The van der Waals surface area contributed by atoms with Crippen LogP contribution in [0.3, 0.4) is 0 Å². The van der Waals surface area contributed by atoms with Crippen molar-refractivity contribution in [3.05, 3.63) is 73.4 Å². The summed E-state index contributed by atoms with van der Waals surface area (Å²) in [7, 11) is -3.07. The average Bonchev–Trinajstić information content (AvgIpc) is 3.16. The fraction of sp³-hybridized carbons (Fsp3) is 0.542. The van der Waals surface area contributed by atoms with Gasteiger partial charge in [0.05, 0.1) is 6.61 Å². The van der Waals surface area contributed by atoms with Crippen LogP contribution in [0.25, 0.3) is 10.4 Å².